The molecule has 1 aromatic heterocycles. The topological polar surface area (TPSA) is 56.0 Å². The lowest BCUT2D eigenvalue weighted by Crippen LogP contribution is -2.23. The summed E-state index contributed by atoms with van der Waals surface area (Å²) >= 11 is 0. The van der Waals surface area contributed by atoms with Crippen LogP contribution in [0.5, 0.6) is 0 Å². The van der Waals surface area contributed by atoms with Crippen LogP contribution in [0.1, 0.15) is 27.2 Å². The first-order valence-corrected chi connectivity index (χ1v) is 8.12. The third-order valence-electron chi connectivity index (χ3n) is 4.28. The quantitative estimate of drug-likeness (QED) is 0.798. The van der Waals surface area contributed by atoms with Crippen LogP contribution < -0.4 is 10.9 Å². The molecule has 0 atom stereocenters. The third-order valence-corrected chi connectivity index (χ3v) is 4.28. The van der Waals surface area contributed by atoms with Gasteiger partial charge in [0.25, 0.3) is 11.5 Å². The lowest BCUT2D eigenvalue weighted by Gasteiger charge is -2.07. The molecule has 0 saturated carbocycles. The van der Waals surface area contributed by atoms with Crippen molar-refractivity contribution in [2.45, 2.75) is 20.8 Å². The summed E-state index contributed by atoms with van der Waals surface area (Å²) in [6.07, 6.45) is 0. The zero-order valence-corrected chi connectivity index (χ0v) is 14.8. The maximum atomic E-state index is 12.8. The number of amides is 1. The Hall–Kier alpha value is -3.08. The van der Waals surface area contributed by atoms with E-state index < -0.39 is 0 Å². The summed E-state index contributed by atoms with van der Waals surface area (Å²) in [6, 6.07) is 15.0. The van der Waals surface area contributed by atoms with Gasteiger partial charge >= 0.3 is 0 Å². The first-order chi connectivity index (χ1) is 11.9. The van der Waals surface area contributed by atoms with Crippen molar-refractivity contribution < 1.29 is 4.79 Å². The molecule has 3 rings (SSSR count). The molecule has 1 amide bonds. The van der Waals surface area contributed by atoms with Gasteiger partial charge in [-0.1, -0.05) is 35.4 Å². The van der Waals surface area contributed by atoms with E-state index in [2.05, 4.69) is 5.32 Å². The van der Waals surface area contributed by atoms with Crippen LogP contribution in [0.25, 0.3) is 5.69 Å². The molecule has 0 aliphatic heterocycles. The number of para-hydroxylation sites is 1. The fraction of sp³-hybridized carbons (Fsp3) is 0.200. The number of rotatable bonds is 3. The zero-order chi connectivity index (χ0) is 18.1. The number of carbonyl (C=O) groups excluding carboxylic acids is 1. The Morgan fingerprint density at radius 3 is 2.16 bits per heavy atom. The first-order valence-electron chi connectivity index (χ1n) is 8.12. The maximum absolute atomic E-state index is 12.8. The average molecular weight is 335 g/mol. The number of hydrogen-bond acceptors (Lipinski definition) is 2. The fourth-order valence-electron chi connectivity index (χ4n) is 3.00. The predicted octanol–water partition coefficient (Wildman–Crippen LogP) is 3.35. The molecule has 2 aromatic carbocycles. The van der Waals surface area contributed by atoms with Gasteiger partial charge < -0.3 is 5.32 Å². The van der Waals surface area contributed by atoms with Gasteiger partial charge in [0.1, 0.15) is 5.69 Å². The molecule has 25 heavy (non-hydrogen) atoms. The molecule has 0 aliphatic rings. The standard InChI is InChI=1S/C20H21N3O2/c1-13-10-14(2)12-16(11-13)19(24)21-18-15(3)22(4)23(20(18)25)17-8-6-5-7-9-17/h5-12H,1-4H3,(H,21,24). The van der Waals surface area contributed by atoms with Crippen molar-refractivity contribution in [3.63, 3.8) is 0 Å². The van der Waals surface area contributed by atoms with Gasteiger partial charge in [-0.3, -0.25) is 14.3 Å². The minimum absolute atomic E-state index is 0.246. The molecule has 1 N–H and O–H groups in total. The smallest absolute Gasteiger partial charge is 0.295 e. The SMILES string of the molecule is Cc1cc(C)cc(C(=O)Nc2c(C)n(C)n(-c3ccccc3)c2=O)c1. The number of carbonyl (C=O) groups is 1. The van der Waals surface area contributed by atoms with Gasteiger partial charge in [0.15, 0.2) is 0 Å². The summed E-state index contributed by atoms with van der Waals surface area (Å²) in [4.78, 5) is 25.5. The predicted molar refractivity (Wildman–Crippen MR) is 99.6 cm³/mol. The van der Waals surface area contributed by atoms with Gasteiger partial charge in [-0.25, -0.2) is 4.68 Å². The number of aryl methyl sites for hydroxylation is 2. The van der Waals surface area contributed by atoms with E-state index in [1.165, 1.54) is 0 Å². The Morgan fingerprint density at radius 2 is 1.56 bits per heavy atom. The molecule has 128 valence electrons. The van der Waals surface area contributed by atoms with Crippen molar-refractivity contribution in [1.29, 1.82) is 0 Å². The molecule has 0 saturated heterocycles. The van der Waals surface area contributed by atoms with Crippen LogP contribution in [0.15, 0.2) is 53.3 Å². The van der Waals surface area contributed by atoms with Crippen LogP contribution in [0, 0.1) is 20.8 Å². The molecule has 0 spiro atoms. The maximum Gasteiger partial charge on any atom is 0.295 e. The lowest BCUT2D eigenvalue weighted by atomic mass is 10.1. The summed E-state index contributed by atoms with van der Waals surface area (Å²) in [5, 5.41) is 2.79. The second kappa shape index (κ2) is 6.43. The normalized spacial score (nSPS) is 10.7. The number of nitrogens with zero attached hydrogens (tertiary/aromatic N) is 2. The Bertz CT molecular complexity index is 978. The highest BCUT2D eigenvalue weighted by molar-refractivity contribution is 6.04. The lowest BCUT2D eigenvalue weighted by molar-refractivity contribution is 0.102. The Balaban J connectivity index is 2.01. The van der Waals surface area contributed by atoms with E-state index in [9.17, 15) is 9.59 Å². The number of benzene rings is 2. The van der Waals surface area contributed by atoms with Gasteiger partial charge in [0, 0.05) is 12.6 Å². The summed E-state index contributed by atoms with van der Waals surface area (Å²) < 4.78 is 3.29. The number of anilines is 1. The van der Waals surface area contributed by atoms with Crippen molar-refractivity contribution in [3.8, 4) is 5.69 Å². The first kappa shape index (κ1) is 16.8. The van der Waals surface area contributed by atoms with Crippen LogP contribution in [0.2, 0.25) is 0 Å². The van der Waals surface area contributed by atoms with Crippen molar-refractivity contribution in [2.24, 2.45) is 7.05 Å². The highest BCUT2D eigenvalue weighted by Crippen LogP contribution is 2.16. The van der Waals surface area contributed by atoms with Gasteiger partial charge in [0.2, 0.25) is 0 Å². The van der Waals surface area contributed by atoms with E-state index in [1.54, 1.807) is 16.4 Å². The molecule has 3 aromatic rings. The van der Waals surface area contributed by atoms with Crippen molar-refractivity contribution in [1.82, 2.24) is 9.36 Å². The summed E-state index contributed by atoms with van der Waals surface area (Å²) in [5.74, 6) is -0.280. The number of hydrogen-bond donors (Lipinski definition) is 1. The minimum atomic E-state index is -0.280. The second-order valence-corrected chi connectivity index (χ2v) is 6.27. The second-order valence-electron chi connectivity index (χ2n) is 6.27. The van der Waals surface area contributed by atoms with E-state index in [0.717, 1.165) is 16.8 Å². The van der Waals surface area contributed by atoms with Crippen LogP contribution in [-0.4, -0.2) is 15.3 Å². The molecular weight excluding hydrogens is 314 g/mol. The highest BCUT2D eigenvalue weighted by atomic mass is 16.2. The summed E-state index contributed by atoms with van der Waals surface area (Å²) in [5.41, 5.74) is 4.08. The zero-order valence-electron chi connectivity index (χ0n) is 14.8. The molecule has 5 nitrogen and oxygen atoms in total. The Morgan fingerprint density at radius 1 is 0.960 bits per heavy atom. The molecule has 0 fully saturated rings. The van der Waals surface area contributed by atoms with E-state index in [-0.39, 0.29) is 11.5 Å². The molecule has 0 unspecified atom stereocenters. The van der Waals surface area contributed by atoms with E-state index in [0.29, 0.717) is 16.9 Å². The molecule has 5 heteroatoms. The fourth-order valence-corrected chi connectivity index (χ4v) is 3.00. The molecule has 0 radical (unpaired) electrons. The van der Waals surface area contributed by atoms with Crippen molar-refractivity contribution >= 4 is 11.6 Å². The van der Waals surface area contributed by atoms with E-state index in [1.807, 2.05) is 69.3 Å². The van der Waals surface area contributed by atoms with Crippen LogP contribution in [0.3, 0.4) is 0 Å². The Labute approximate surface area is 146 Å². The number of nitrogens with one attached hydrogen (secondary N) is 1. The molecule has 1 heterocycles. The number of aromatic nitrogens is 2. The van der Waals surface area contributed by atoms with Crippen LogP contribution in [0.4, 0.5) is 5.69 Å². The van der Waals surface area contributed by atoms with Gasteiger partial charge in [-0.15, -0.1) is 0 Å². The van der Waals surface area contributed by atoms with Gasteiger partial charge in [0.05, 0.1) is 11.4 Å². The van der Waals surface area contributed by atoms with E-state index >= 15 is 0 Å². The summed E-state index contributed by atoms with van der Waals surface area (Å²) in [7, 11) is 1.80. The van der Waals surface area contributed by atoms with Crippen molar-refractivity contribution in [2.75, 3.05) is 5.32 Å². The largest absolute Gasteiger partial charge is 0.316 e. The van der Waals surface area contributed by atoms with Crippen LogP contribution in [-0.2, 0) is 7.05 Å². The Kier molecular flexibility index (Phi) is 4.31. The average Bonchev–Trinajstić information content (AvgIpc) is 2.78. The molecule has 0 bridgehead atoms. The summed E-state index contributed by atoms with van der Waals surface area (Å²) in [6.45, 7) is 5.71. The van der Waals surface area contributed by atoms with Crippen LogP contribution >= 0.6 is 0 Å². The van der Waals surface area contributed by atoms with Gasteiger partial charge in [-0.2, -0.15) is 0 Å². The monoisotopic (exact) mass is 335 g/mol. The van der Waals surface area contributed by atoms with Gasteiger partial charge in [-0.05, 0) is 45.0 Å². The third kappa shape index (κ3) is 3.13. The molecular formula is C20H21N3O2. The van der Waals surface area contributed by atoms with E-state index in [4.69, 9.17) is 0 Å². The van der Waals surface area contributed by atoms with Crippen molar-refractivity contribution in [3.05, 3.63) is 81.3 Å². The minimum Gasteiger partial charge on any atom is -0.316 e. The highest BCUT2D eigenvalue weighted by Gasteiger charge is 2.18. The molecule has 0 aliphatic carbocycles.